The van der Waals surface area contributed by atoms with Crippen molar-refractivity contribution in [3.63, 3.8) is 0 Å². The van der Waals surface area contributed by atoms with Crippen LogP contribution in [0.2, 0.25) is 0 Å². The molecular formula is C25H22N2O2. The molecule has 4 aliphatic carbocycles. The fourth-order valence-corrected chi connectivity index (χ4v) is 3.86. The largest absolute Gasteiger partial charge is 0.326 e. The highest BCUT2D eigenvalue weighted by Crippen LogP contribution is 2.41. The topological polar surface area (TPSA) is 58.2 Å². The molecule has 0 saturated carbocycles. The highest BCUT2D eigenvalue weighted by molar-refractivity contribution is 5.97. The van der Waals surface area contributed by atoms with Crippen LogP contribution in [0.1, 0.15) is 25.0 Å². The Morgan fingerprint density at radius 2 is 1.07 bits per heavy atom. The second kappa shape index (κ2) is 7.76. The average Bonchev–Trinajstić information content (AvgIpc) is 2.92. The lowest BCUT2D eigenvalue weighted by atomic mass is 9.99. The van der Waals surface area contributed by atoms with Gasteiger partial charge in [0.1, 0.15) is 0 Å². The summed E-state index contributed by atoms with van der Waals surface area (Å²) < 4.78 is 0. The van der Waals surface area contributed by atoms with Gasteiger partial charge in [-0.3, -0.25) is 9.59 Å². The Bertz CT molecular complexity index is 1060. The predicted molar refractivity (Wildman–Crippen MR) is 118 cm³/mol. The number of amides is 2. The van der Waals surface area contributed by atoms with Gasteiger partial charge in [0.15, 0.2) is 0 Å². The standard InChI is InChI=1S/C25H22N2O2/c1-16(28)26-24-13-18-9-5-3-7-11-20(18)22(24)15-23-21-12-8-4-6-10-19(21)14-25(23)27-17(2)29/h3-14H,15H2,1-2H3,(H,26,28)(H,27,29). The van der Waals surface area contributed by atoms with Crippen LogP contribution in [0.3, 0.4) is 0 Å². The molecule has 144 valence electrons. The van der Waals surface area contributed by atoms with Gasteiger partial charge in [-0.25, -0.2) is 0 Å². The summed E-state index contributed by atoms with van der Waals surface area (Å²) in [4.78, 5) is 23.6. The van der Waals surface area contributed by atoms with E-state index in [9.17, 15) is 9.59 Å². The molecule has 0 heterocycles. The van der Waals surface area contributed by atoms with Gasteiger partial charge >= 0.3 is 0 Å². The zero-order valence-corrected chi connectivity index (χ0v) is 16.5. The van der Waals surface area contributed by atoms with Gasteiger partial charge in [0.2, 0.25) is 11.8 Å². The molecule has 4 heteroatoms. The first-order chi connectivity index (χ1) is 14.0. The summed E-state index contributed by atoms with van der Waals surface area (Å²) in [6.07, 6.45) is 0.590. The van der Waals surface area contributed by atoms with Gasteiger partial charge in [-0.05, 0) is 45.5 Å². The van der Waals surface area contributed by atoms with Gasteiger partial charge in [-0.1, -0.05) is 60.7 Å². The quantitative estimate of drug-likeness (QED) is 0.496. The molecule has 0 aromatic rings. The third-order valence-corrected chi connectivity index (χ3v) is 5.02. The molecule has 0 unspecified atom stereocenters. The molecule has 0 aromatic heterocycles. The molecule has 0 spiro atoms. The van der Waals surface area contributed by atoms with E-state index in [1.165, 1.54) is 13.8 Å². The van der Waals surface area contributed by atoms with Crippen molar-refractivity contribution >= 4 is 23.2 Å². The van der Waals surface area contributed by atoms with Crippen LogP contribution in [0.4, 0.5) is 11.4 Å². The van der Waals surface area contributed by atoms with Gasteiger partial charge in [-0.2, -0.15) is 0 Å². The van der Waals surface area contributed by atoms with Crippen LogP contribution in [0.25, 0.3) is 22.3 Å². The molecule has 0 radical (unpaired) electrons. The Kier molecular flexibility index (Phi) is 5.00. The fraction of sp³-hybridized carbons (Fsp3) is 0.120. The zero-order chi connectivity index (χ0) is 20.4. The zero-order valence-electron chi connectivity index (χ0n) is 16.5. The van der Waals surface area contributed by atoms with E-state index in [-0.39, 0.29) is 11.8 Å². The monoisotopic (exact) mass is 382 g/mol. The number of fused-ring (bicyclic) bond motifs is 2. The lowest BCUT2D eigenvalue weighted by Crippen LogP contribution is -2.09. The minimum Gasteiger partial charge on any atom is -0.326 e. The van der Waals surface area contributed by atoms with Gasteiger partial charge in [-0.15, -0.1) is 0 Å². The van der Waals surface area contributed by atoms with Crippen molar-refractivity contribution in [2.45, 2.75) is 20.3 Å². The minimum absolute atomic E-state index is 0.105. The first-order valence-corrected chi connectivity index (χ1v) is 9.59. The molecule has 29 heavy (non-hydrogen) atoms. The molecule has 0 saturated heterocycles. The number of carbonyl (C=O) groups is 2. The molecule has 0 bridgehead atoms. The van der Waals surface area contributed by atoms with Crippen LogP contribution >= 0.6 is 0 Å². The summed E-state index contributed by atoms with van der Waals surface area (Å²) in [5, 5.41) is 5.95. The number of anilines is 2. The van der Waals surface area contributed by atoms with Gasteiger partial charge in [0.05, 0.1) is 0 Å². The number of hydrogen-bond acceptors (Lipinski definition) is 2. The van der Waals surface area contributed by atoms with Gasteiger partial charge in [0.25, 0.3) is 0 Å². The van der Waals surface area contributed by atoms with Crippen molar-refractivity contribution in [1.82, 2.24) is 0 Å². The highest BCUT2D eigenvalue weighted by atomic mass is 16.2. The molecule has 4 nitrogen and oxygen atoms in total. The molecule has 0 aromatic carbocycles. The Labute approximate surface area is 170 Å². The van der Waals surface area contributed by atoms with Crippen LogP contribution < -0.4 is 10.6 Å². The average molecular weight is 382 g/mol. The Morgan fingerprint density at radius 3 is 1.48 bits per heavy atom. The predicted octanol–water partition coefficient (Wildman–Crippen LogP) is 5.40. The van der Waals surface area contributed by atoms with Crippen LogP contribution in [0.5, 0.6) is 0 Å². The summed E-state index contributed by atoms with van der Waals surface area (Å²) in [7, 11) is 0. The van der Waals surface area contributed by atoms with Gasteiger partial charge < -0.3 is 10.6 Å². The highest BCUT2D eigenvalue weighted by Gasteiger charge is 2.21. The third kappa shape index (κ3) is 3.83. The van der Waals surface area contributed by atoms with E-state index in [1.54, 1.807) is 0 Å². The maximum Gasteiger partial charge on any atom is 0.221 e. The number of carbonyl (C=O) groups excluding carboxylic acids is 2. The van der Waals surface area contributed by atoms with E-state index in [0.717, 1.165) is 44.8 Å². The van der Waals surface area contributed by atoms with Gasteiger partial charge in [0, 0.05) is 31.6 Å². The summed E-state index contributed by atoms with van der Waals surface area (Å²) in [6, 6.07) is 24.2. The molecule has 0 atom stereocenters. The van der Waals surface area contributed by atoms with E-state index in [4.69, 9.17) is 0 Å². The van der Waals surface area contributed by atoms with E-state index in [0.29, 0.717) is 6.42 Å². The van der Waals surface area contributed by atoms with E-state index in [2.05, 4.69) is 22.8 Å². The number of nitrogens with one attached hydrogen (secondary N) is 2. The second-order valence-corrected chi connectivity index (χ2v) is 7.17. The molecule has 2 amide bonds. The molecule has 4 rings (SSSR count). The van der Waals surface area contributed by atoms with Crippen LogP contribution in [0.15, 0.2) is 72.8 Å². The molecule has 2 N–H and O–H groups in total. The summed E-state index contributed by atoms with van der Waals surface area (Å²) in [5.74, 6) is -0.210. The SMILES string of the molecule is CC(=O)Nc1cc2cccccc-2c1Cc1c(NC(C)=O)cc2cccccc1-2. The second-order valence-electron chi connectivity index (χ2n) is 7.17. The summed E-state index contributed by atoms with van der Waals surface area (Å²) in [5.41, 5.74) is 8.00. The fourth-order valence-electron chi connectivity index (χ4n) is 3.86. The Balaban J connectivity index is 1.89. The van der Waals surface area contributed by atoms with Crippen LogP contribution in [-0.2, 0) is 16.0 Å². The number of rotatable bonds is 4. The smallest absolute Gasteiger partial charge is 0.221 e. The van der Waals surface area contributed by atoms with Crippen molar-refractivity contribution in [3.8, 4) is 22.3 Å². The first-order valence-electron chi connectivity index (χ1n) is 9.59. The van der Waals surface area contributed by atoms with Crippen LogP contribution in [0, 0.1) is 0 Å². The summed E-state index contributed by atoms with van der Waals surface area (Å²) in [6.45, 7) is 3.03. The Morgan fingerprint density at radius 1 is 0.655 bits per heavy atom. The van der Waals surface area contributed by atoms with Crippen molar-refractivity contribution in [2.24, 2.45) is 0 Å². The maximum atomic E-state index is 11.8. The Hall–Kier alpha value is -3.66. The van der Waals surface area contributed by atoms with E-state index in [1.807, 2.05) is 60.7 Å². The maximum absolute atomic E-state index is 11.8. The molecule has 0 aliphatic heterocycles. The van der Waals surface area contributed by atoms with E-state index < -0.39 is 0 Å². The third-order valence-electron chi connectivity index (χ3n) is 5.02. The number of hydrogen-bond donors (Lipinski definition) is 2. The molecule has 4 aliphatic rings. The minimum atomic E-state index is -0.105. The first kappa shape index (κ1) is 18.7. The van der Waals surface area contributed by atoms with Crippen molar-refractivity contribution in [3.05, 3.63) is 83.9 Å². The van der Waals surface area contributed by atoms with Crippen LogP contribution in [-0.4, -0.2) is 11.8 Å². The summed E-state index contributed by atoms with van der Waals surface area (Å²) >= 11 is 0. The molecular weight excluding hydrogens is 360 g/mol. The lowest BCUT2D eigenvalue weighted by Gasteiger charge is -2.11. The lowest BCUT2D eigenvalue weighted by molar-refractivity contribution is -0.115. The van der Waals surface area contributed by atoms with Crippen molar-refractivity contribution in [2.75, 3.05) is 10.6 Å². The van der Waals surface area contributed by atoms with Crippen molar-refractivity contribution < 1.29 is 9.59 Å². The van der Waals surface area contributed by atoms with E-state index >= 15 is 0 Å². The molecule has 0 fully saturated rings. The normalized spacial score (nSPS) is 10.8. The van der Waals surface area contributed by atoms with Crippen molar-refractivity contribution in [1.29, 1.82) is 0 Å².